The van der Waals surface area contributed by atoms with Crippen LogP contribution in [0.15, 0.2) is 85.1 Å². The van der Waals surface area contributed by atoms with Gasteiger partial charge in [0.1, 0.15) is 19.8 Å². The van der Waals surface area contributed by atoms with Crippen LogP contribution in [0, 0.1) is 0 Å². The van der Waals surface area contributed by atoms with E-state index in [0.717, 1.165) is 57.8 Å². The number of phosphoric acid groups is 1. The fourth-order valence-electron chi connectivity index (χ4n) is 5.29. The second-order valence-corrected chi connectivity index (χ2v) is 16.8. The third-order valence-corrected chi connectivity index (χ3v) is 9.68. The van der Waals surface area contributed by atoms with Crippen LogP contribution in [0.3, 0.4) is 0 Å². The highest BCUT2D eigenvalue weighted by molar-refractivity contribution is 7.47. The van der Waals surface area contributed by atoms with Crippen LogP contribution < -0.4 is 0 Å². The predicted octanol–water partition coefficient (Wildman–Crippen LogP) is 12.4. The Bertz CT molecular complexity index is 1240. The van der Waals surface area contributed by atoms with Crippen molar-refractivity contribution >= 4 is 19.8 Å². The number of allylic oxidation sites excluding steroid dienone is 13. The average molecular weight is 819 g/mol. The third-order valence-electron chi connectivity index (χ3n) is 8.69. The molecule has 1 N–H and O–H groups in total. The van der Waals surface area contributed by atoms with Crippen molar-refractivity contribution in [3.63, 3.8) is 0 Å². The Morgan fingerprint density at radius 1 is 0.579 bits per heavy atom. The molecular formula is C47H81NO8P+. The molecule has 0 aliphatic heterocycles. The monoisotopic (exact) mass is 819 g/mol. The largest absolute Gasteiger partial charge is 0.472 e. The standard InChI is InChI=1S/C47H80NO8P/c1-6-8-10-12-14-16-18-20-22-23-24-26-27-29-31-33-35-37-39-46(49)53-43-45(44-55-57(51,52)54-42-41-48(3,4)5)56-47(50)40-38-36-34-32-30-28-25-21-19-17-15-13-11-9-7-2/h9,11,15-18,21-23,25,30,32,36,38,45H,6-8,10,12-14,19-20,24,26-29,31,33-35,37,39-44H2,1-5H3/p+1/b11-9-,17-15-,18-16-,23-22-,25-21-,32-30-,38-36-. The van der Waals surface area contributed by atoms with Crippen molar-refractivity contribution in [2.75, 3.05) is 47.5 Å². The minimum atomic E-state index is -4.41. The first-order chi connectivity index (χ1) is 27.5. The minimum Gasteiger partial charge on any atom is -0.462 e. The van der Waals surface area contributed by atoms with Crippen LogP contribution in [0.4, 0.5) is 0 Å². The molecule has 0 bridgehead atoms. The molecule has 0 rings (SSSR count). The molecule has 0 saturated heterocycles. The first-order valence-corrected chi connectivity index (χ1v) is 23.3. The number of likely N-dealkylation sites (N-methyl/N-ethyl adjacent to an activating group) is 1. The summed E-state index contributed by atoms with van der Waals surface area (Å²) in [6.07, 6.45) is 49.5. The molecule has 2 atom stereocenters. The Balaban J connectivity index is 4.50. The summed E-state index contributed by atoms with van der Waals surface area (Å²) in [6, 6.07) is 0. The first-order valence-electron chi connectivity index (χ1n) is 21.8. The summed E-state index contributed by atoms with van der Waals surface area (Å²) in [7, 11) is 1.40. The van der Waals surface area contributed by atoms with Crippen LogP contribution in [-0.2, 0) is 32.7 Å². The Morgan fingerprint density at radius 2 is 1.05 bits per heavy atom. The zero-order chi connectivity index (χ0) is 42.1. The van der Waals surface area contributed by atoms with Crippen LogP contribution in [0.5, 0.6) is 0 Å². The number of nitrogens with zero attached hydrogens (tertiary/aromatic N) is 1. The summed E-state index contributed by atoms with van der Waals surface area (Å²) in [6.45, 7) is 4.14. The van der Waals surface area contributed by atoms with Gasteiger partial charge >= 0.3 is 19.8 Å². The van der Waals surface area contributed by atoms with E-state index in [1.807, 2.05) is 33.3 Å². The number of ether oxygens (including phenoxy) is 2. The summed E-state index contributed by atoms with van der Waals surface area (Å²) < 4.78 is 34.1. The fourth-order valence-corrected chi connectivity index (χ4v) is 6.04. The van der Waals surface area contributed by atoms with Gasteiger partial charge in [0.15, 0.2) is 6.10 Å². The zero-order valence-corrected chi connectivity index (χ0v) is 37.4. The van der Waals surface area contributed by atoms with Gasteiger partial charge in [0.05, 0.1) is 34.2 Å². The van der Waals surface area contributed by atoms with E-state index in [0.29, 0.717) is 23.9 Å². The van der Waals surface area contributed by atoms with Crippen molar-refractivity contribution in [3.8, 4) is 0 Å². The molecule has 0 radical (unpaired) electrons. The molecule has 0 aromatic rings. The molecule has 0 amide bonds. The van der Waals surface area contributed by atoms with E-state index in [1.54, 1.807) is 6.08 Å². The summed E-state index contributed by atoms with van der Waals surface area (Å²) in [5.41, 5.74) is 0. The zero-order valence-electron chi connectivity index (χ0n) is 36.5. The highest BCUT2D eigenvalue weighted by Crippen LogP contribution is 2.43. The molecule has 10 heteroatoms. The summed E-state index contributed by atoms with van der Waals surface area (Å²) >= 11 is 0. The smallest absolute Gasteiger partial charge is 0.462 e. The Kier molecular flexibility index (Phi) is 36.8. The number of phosphoric ester groups is 1. The lowest BCUT2D eigenvalue weighted by Crippen LogP contribution is -2.37. The molecule has 2 unspecified atom stereocenters. The fraction of sp³-hybridized carbons (Fsp3) is 0.660. The molecule has 326 valence electrons. The van der Waals surface area contributed by atoms with Gasteiger partial charge in [-0.2, -0.15) is 0 Å². The maximum absolute atomic E-state index is 12.6. The number of rotatable bonds is 38. The lowest BCUT2D eigenvalue weighted by atomic mass is 10.1. The number of hydrogen-bond acceptors (Lipinski definition) is 7. The molecular weight excluding hydrogens is 737 g/mol. The van der Waals surface area contributed by atoms with E-state index >= 15 is 0 Å². The van der Waals surface area contributed by atoms with Crippen molar-refractivity contribution in [1.82, 2.24) is 0 Å². The van der Waals surface area contributed by atoms with E-state index in [9.17, 15) is 19.0 Å². The van der Waals surface area contributed by atoms with Crippen LogP contribution in [-0.4, -0.2) is 74.9 Å². The molecule has 0 aromatic carbocycles. The molecule has 9 nitrogen and oxygen atoms in total. The van der Waals surface area contributed by atoms with Crippen molar-refractivity contribution in [2.45, 2.75) is 155 Å². The Morgan fingerprint density at radius 3 is 1.58 bits per heavy atom. The molecule has 0 aliphatic rings. The lowest BCUT2D eigenvalue weighted by Gasteiger charge is -2.24. The molecule has 0 fully saturated rings. The van der Waals surface area contributed by atoms with Crippen molar-refractivity contribution in [1.29, 1.82) is 0 Å². The second-order valence-electron chi connectivity index (χ2n) is 15.4. The Labute approximate surface area is 348 Å². The van der Waals surface area contributed by atoms with Gasteiger partial charge in [0.2, 0.25) is 0 Å². The van der Waals surface area contributed by atoms with E-state index in [4.69, 9.17) is 18.5 Å². The lowest BCUT2D eigenvalue weighted by molar-refractivity contribution is -0.870. The van der Waals surface area contributed by atoms with Gasteiger partial charge in [-0.25, -0.2) is 4.57 Å². The Hall–Kier alpha value is -2.81. The van der Waals surface area contributed by atoms with Gasteiger partial charge in [-0.05, 0) is 70.6 Å². The predicted molar refractivity (Wildman–Crippen MR) is 238 cm³/mol. The normalized spacial score (nSPS) is 14.4. The quantitative estimate of drug-likeness (QED) is 0.0216. The number of esters is 2. The topological polar surface area (TPSA) is 108 Å². The van der Waals surface area contributed by atoms with E-state index in [-0.39, 0.29) is 26.1 Å². The van der Waals surface area contributed by atoms with E-state index in [2.05, 4.69) is 80.7 Å². The number of hydrogen-bond donors (Lipinski definition) is 1. The highest BCUT2D eigenvalue weighted by Gasteiger charge is 2.26. The minimum absolute atomic E-state index is 0.00234. The van der Waals surface area contributed by atoms with Gasteiger partial charge in [0.25, 0.3) is 0 Å². The van der Waals surface area contributed by atoms with Crippen LogP contribution in [0.25, 0.3) is 0 Å². The molecule has 57 heavy (non-hydrogen) atoms. The molecule has 0 heterocycles. The number of quaternary nitrogens is 1. The maximum atomic E-state index is 12.6. The van der Waals surface area contributed by atoms with Crippen molar-refractivity contribution in [2.24, 2.45) is 0 Å². The van der Waals surface area contributed by atoms with Gasteiger partial charge in [-0.15, -0.1) is 0 Å². The number of unbranched alkanes of at least 4 members (excludes halogenated alkanes) is 11. The third kappa shape index (κ3) is 42.6. The number of carbonyl (C=O) groups is 2. The summed E-state index contributed by atoms with van der Waals surface area (Å²) in [5, 5.41) is 0. The molecule has 0 spiro atoms. The maximum Gasteiger partial charge on any atom is 0.472 e. The highest BCUT2D eigenvalue weighted by atomic mass is 31.2. The van der Waals surface area contributed by atoms with E-state index < -0.39 is 32.5 Å². The van der Waals surface area contributed by atoms with Crippen LogP contribution in [0.2, 0.25) is 0 Å². The first kappa shape index (κ1) is 54.2. The van der Waals surface area contributed by atoms with Gasteiger partial charge in [-0.3, -0.25) is 18.6 Å². The molecule has 0 aromatic heterocycles. The summed E-state index contributed by atoms with van der Waals surface area (Å²) in [4.78, 5) is 35.3. The van der Waals surface area contributed by atoms with E-state index in [1.165, 1.54) is 51.4 Å². The van der Waals surface area contributed by atoms with Gasteiger partial charge in [-0.1, -0.05) is 150 Å². The molecule has 0 saturated carbocycles. The van der Waals surface area contributed by atoms with Crippen molar-refractivity contribution in [3.05, 3.63) is 85.1 Å². The van der Waals surface area contributed by atoms with Crippen molar-refractivity contribution < 1.29 is 42.1 Å². The molecule has 0 aliphatic carbocycles. The van der Waals surface area contributed by atoms with Gasteiger partial charge in [0, 0.05) is 6.42 Å². The van der Waals surface area contributed by atoms with Gasteiger partial charge < -0.3 is 18.9 Å². The SMILES string of the molecule is CC/C=C\C/C=C\C/C=C\C/C=C\C/C=C\CC(=O)OC(COC(=O)CCCCCCCCC/C=C\C/C=C\CCCCCC)COP(=O)(O)OCC[N+](C)(C)C. The second kappa shape index (κ2) is 38.7. The summed E-state index contributed by atoms with van der Waals surface area (Å²) in [5.74, 6) is -0.963. The number of carbonyl (C=O) groups excluding carboxylic acids is 2. The van der Waals surface area contributed by atoms with Crippen LogP contribution >= 0.6 is 7.82 Å². The average Bonchev–Trinajstić information content (AvgIpc) is 3.16. The van der Waals surface area contributed by atoms with Crippen LogP contribution in [0.1, 0.15) is 149 Å².